The van der Waals surface area contributed by atoms with Crippen molar-refractivity contribution in [2.45, 2.75) is 4.90 Å². The first-order valence-corrected chi connectivity index (χ1v) is 6.90. The molecule has 0 heterocycles. The maximum absolute atomic E-state index is 9.60. The van der Waals surface area contributed by atoms with Crippen LogP contribution in [-0.4, -0.2) is 11.3 Å². The van der Waals surface area contributed by atoms with Gasteiger partial charge in [-0.05, 0) is 24.3 Å². The second-order valence-corrected chi connectivity index (χ2v) is 4.55. The third-order valence-corrected chi connectivity index (χ3v) is 3.38. The molecule has 2 nitrogen and oxygen atoms in total. The van der Waals surface area contributed by atoms with Crippen LogP contribution in [0.5, 0.6) is 5.75 Å². The van der Waals surface area contributed by atoms with Gasteiger partial charge in [-0.15, -0.1) is 11.7 Å². The molecule has 0 spiro atoms. The highest BCUT2D eigenvalue weighted by Gasteiger charge is 1.99. The molecular formula is C13H11NOS2. The smallest absolute Gasteiger partial charge is 0.124 e. The van der Waals surface area contributed by atoms with Gasteiger partial charge in [0.15, 0.2) is 0 Å². The van der Waals surface area contributed by atoms with E-state index >= 15 is 0 Å². The molecule has 0 saturated heterocycles. The molecule has 0 aliphatic heterocycles. The summed E-state index contributed by atoms with van der Waals surface area (Å²) in [6.45, 7) is 0. The Morgan fingerprint density at radius 3 is 2.53 bits per heavy atom. The number of hydrogen-bond donors (Lipinski definition) is 2. The first kappa shape index (κ1) is 12.1. The molecule has 0 bridgehead atoms. The summed E-state index contributed by atoms with van der Waals surface area (Å²) in [5, 5.41) is 9.60. The highest BCUT2D eigenvalue weighted by atomic mass is 33.1. The fourth-order valence-corrected chi connectivity index (χ4v) is 2.19. The molecule has 0 aliphatic rings. The van der Waals surface area contributed by atoms with E-state index in [1.165, 1.54) is 10.8 Å². The van der Waals surface area contributed by atoms with Crippen LogP contribution < -0.4 is 0 Å². The van der Waals surface area contributed by atoms with Crippen LogP contribution in [0.25, 0.3) is 0 Å². The summed E-state index contributed by atoms with van der Waals surface area (Å²) in [6.07, 6.45) is 1.65. The summed E-state index contributed by atoms with van der Waals surface area (Å²) in [5.74, 6) is 0.229. The number of hydrogen-bond acceptors (Lipinski definition) is 4. The van der Waals surface area contributed by atoms with Crippen LogP contribution in [0.2, 0.25) is 0 Å². The second kappa shape index (κ2) is 5.80. The van der Waals surface area contributed by atoms with E-state index in [-0.39, 0.29) is 5.75 Å². The molecule has 4 heteroatoms. The van der Waals surface area contributed by atoms with E-state index in [0.717, 1.165) is 10.6 Å². The SMILES string of the molecule is Oc1ccccc1C=Nc1ccccc1SS. The summed E-state index contributed by atoms with van der Waals surface area (Å²) < 4.78 is 0. The molecule has 1 N–H and O–H groups in total. The van der Waals surface area contributed by atoms with E-state index in [0.29, 0.717) is 5.56 Å². The molecule has 86 valence electrons. The van der Waals surface area contributed by atoms with Gasteiger partial charge < -0.3 is 5.11 Å². The highest BCUT2D eigenvalue weighted by Crippen LogP contribution is 2.31. The lowest BCUT2D eigenvalue weighted by atomic mass is 10.2. The van der Waals surface area contributed by atoms with Gasteiger partial charge in [0, 0.05) is 16.7 Å². The fraction of sp³-hybridized carbons (Fsp3) is 0. The number of phenolic OH excluding ortho intramolecular Hbond substituents is 1. The molecule has 2 aromatic carbocycles. The van der Waals surface area contributed by atoms with Crippen molar-refractivity contribution in [1.29, 1.82) is 0 Å². The Kier molecular flexibility index (Phi) is 4.12. The van der Waals surface area contributed by atoms with Crippen LogP contribution >= 0.6 is 22.5 Å². The zero-order valence-corrected chi connectivity index (χ0v) is 10.7. The first-order valence-electron chi connectivity index (χ1n) is 5.04. The monoisotopic (exact) mass is 261 g/mol. The molecule has 0 amide bonds. The number of nitrogens with zero attached hydrogens (tertiary/aromatic N) is 1. The molecular weight excluding hydrogens is 250 g/mol. The predicted molar refractivity (Wildman–Crippen MR) is 76.6 cm³/mol. The molecule has 0 unspecified atom stereocenters. The van der Waals surface area contributed by atoms with Crippen molar-refractivity contribution in [3.63, 3.8) is 0 Å². The lowest BCUT2D eigenvalue weighted by Gasteiger charge is -2.01. The van der Waals surface area contributed by atoms with Crippen LogP contribution in [0.4, 0.5) is 5.69 Å². The van der Waals surface area contributed by atoms with Gasteiger partial charge in [0.1, 0.15) is 5.75 Å². The van der Waals surface area contributed by atoms with Crippen molar-refractivity contribution in [3.05, 3.63) is 54.1 Å². The predicted octanol–water partition coefficient (Wildman–Crippen LogP) is 4.08. The quantitative estimate of drug-likeness (QED) is 0.496. The zero-order valence-electron chi connectivity index (χ0n) is 8.95. The Bertz CT molecular complexity index is 540. The average molecular weight is 261 g/mol. The minimum atomic E-state index is 0.229. The van der Waals surface area contributed by atoms with Crippen molar-refractivity contribution in [1.82, 2.24) is 0 Å². The molecule has 0 aromatic heterocycles. The lowest BCUT2D eigenvalue weighted by Crippen LogP contribution is -1.81. The molecule has 17 heavy (non-hydrogen) atoms. The van der Waals surface area contributed by atoms with E-state index in [2.05, 4.69) is 16.7 Å². The average Bonchev–Trinajstić information content (AvgIpc) is 2.38. The minimum Gasteiger partial charge on any atom is -0.507 e. The van der Waals surface area contributed by atoms with E-state index in [1.54, 1.807) is 18.3 Å². The number of para-hydroxylation sites is 2. The Labute approximate surface area is 109 Å². The minimum absolute atomic E-state index is 0.229. The van der Waals surface area contributed by atoms with Gasteiger partial charge in [-0.1, -0.05) is 35.1 Å². The molecule has 0 aliphatic carbocycles. The zero-order chi connectivity index (χ0) is 12.1. The third-order valence-electron chi connectivity index (χ3n) is 2.24. The Morgan fingerprint density at radius 2 is 1.76 bits per heavy atom. The second-order valence-electron chi connectivity index (χ2n) is 3.38. The van der Waals surface area contributed by atoms with Crippen molar-refractivity contribution in [3.8, 4) is 5.75 Å². The number of benzene rings is 2. The first-order chi connectivity index (χ1) is 8.31. The van der Waals surface area contributed by atoms with E-state index in [9.17, 15) is 5.11 Å². The summed E-state index contributed by atoms with van der Waals surface area (Å²) in [7, 11) is 1.35. The van der Waals surface area contributed by atoms with E-state index in [4.69, 9.17) is 0 Å². The summed E-state index contributed by atoms with van der Waals surface area (Å²) in [5.41, 5.74) is 1.54. The summed E-state index contributed by atoms with van der Waals surface area (Å²) in [6, 6.07) is 14.8. The third kappa shape index (κ3) is 3.05. The van der Waals surface area contributed by atoms with Gasteiger partial charge in [0.25, 0.3) is 0 Å². The van der Waals surface area contributed by atoms with Gasteiger partial charge in [-0.2, -0.15) is 0 Å². The van der Waals surface area contributed by atoms with Crippen molar-refractivity contribution in [2.75, 3.05) is 0 Å². The van der Waals surface area contributed by atoms with Gasteiger partial charge in [0.05, 0.1) is 5.69 Å². The normalized spacial score (nSPS) is 10.9. The molecule has 2 aromatic rings. The number of aromatic hydroxyl groups is 1. The molecule has 0 atom stereocenters. The van der Waals surface area contributed by atoms with Gasteiger partial charge in [0.2, 0.25) is 0 Å². The molecule has 0 radical (unpaired) electrons. The maximum Gasteiger partial charge on any atom is 0.124 e. The number of aliphatic imine (C=N–C) groups is 1. The van der Waals surface area contributed by atoms with E-state index in [1.807, 2.05) is 36.4 Å². The van der Waals surface area contributed by atoms with Crippen LogP contribution in [0, 0.1) is 0 Å². The van der Waals surface area contributed by atoms with Crippen LogP contribution in [0.15, 0.2) is 58.4 Å². The summed E-state index contributed by atoms with van der Waals surface area (Å²) in [4.78, 5) is 5.34. The van der Waals surface area contributed by atoms with Crippen LogP contribution in [-0.2, 0) is 0 Å². The number of rotatable bonds is 3. The van der Waals surface area contributed by atoms with Gasteiger partial charge in [-0.25, -0.2) is 0 Å². The Balaban J connectivity index is 2.29. The fourth-order valence-electron chi connectivity index (χ4n) is 1.38. The van der Waals surface area contributed by atoms with E-state index < -0.39 is 0 Å². The topological polar surface area (TPSA) is 32.6 Å². The van der Waals surface area contributed by atoms with Crippen molar-refractivity contribution in [2.24, 2.45) is 4.99 Å². The van der Waals surface area contributed by atoms with Crippen LogP contribution in [0.1, 0.15) is 5.56 Å². The molecule has 0 fully saturated rings. The van der Waals surface area contributed by atoms with Gasteiger partial charge >= 0.3 is 0 Å². The lowest BCUT2D eigenvalue weighted by molar-refractivity contribution is 0.474. The largest absolute Gasteiger partial charge is 0.507 e. The molecule has 0 saturated carbocycles. The van der Waals surface area contributed by atoms with Gasteiger partial charge in [-0.3, -0.25) is 4.99 Å². The Hall–Kier alpha value is -1.39. The standard InChI is InChI=1S/C13H11NOS2/c15-12-7-3-1-5-10(12)9-14-11-6-2-4-8-13(11)17-16/h1-9,15-16H. The number of thiol groups is 1. The number of phenols is 1. The maximum atomic E-state index is 9.60. The van der Waals surface area contributed by atoms with Crippen molar-refractivity contribution >= 4 is 34.4 Å². The summed E-state index contributed by atoms with van der Waals surface area (Å²) >= 11 is 4.17. The van der Waals surface area contributed by atoms with Crippen molar-refractivity contribution < 1.29 is 5.11 Å². The Morgan fingerprint density at radius 1 is 1.06 bits per heavy atom. The van der Waals surface area contributed by atoms with Crippen LogP contribution in [0.3, 0.4) is 0 Å². The molecule has 2 rings (SSSR count). The highest BCUT2D eigenvalue weighted by molar-refractivity contribution is 8.68.